The molecule has 2 unspecified atom stereocenters. The Kier molecular flexibility index (Phi) is 57.7. The minimum Gasteiger partial charge on any atom is -0.394 e. The lowest BCUT2D eigenvalue weighted by atomic mass is 10.0. The summed E-state index contributed by atoms with van der Waals surface area (Å²) in [6.07, 6.45) is 76.6. The molecule has 0 saturated carbocycles. The van der Waals surface area contributed by atoms with Gasteiger partial charge in [-0.05, 0) is 38.5 Å². The van der Waals surface area contributed by atoms with Gasteiger partial charge in [-0.1, -0.05) is 328 Å². The predicted molar refractivity (Wildman–Crippen MR) is 295 cm³/mol. The van der Waals surface area contributed by atoms with Gasteiger partial charge in [-0.15, -0.1) is 0 Å². The number of nitrogens with one attached hydrogen (secondary N) is 1. The number of aliphatic hydroxyl groups excluding tert-OH is 2. The van der Waals surface area contributed by atoms with E-state index >= 15 is 0 Å². The molecule has 0 heterocycles. The first-order chi connectivity index (χ1) is 32.7. The average molecular weight is 931 g/mol. The van der Waals surface area contributed by atoms with Crippen LogP contribution in [0.15, 0.2) is 12.2 Å². The summed E-state index contributed by atoms with van der Waals surface area (Å²) in [5.41, 5.74) is 0. The molecule has 1 amide bonds. The van der Waals surface area contributed by atoms with E-state index < -0.39 is 12.1 Å². The second kappa shape index (κ2) is 58.4. The van der Waals surface area contributed by atoms with Crippen molar-refractivity contribution in [3.8, 4) is 0 Å². The van der Waals surface area contributed by atoms with Gasteiger partial charge >= 0.3 is 0 Å². The summed E-state index contributed by atoms with van der Waals surface area (Å²) < 4.78 is 0. The first-order valence-electron chi connectivity index (χ1n) is 30.9. The van der Waals surface area contributed by atoms with Crippen molar-refractivity contribution in [2.24, 2.45) is 0 Å². The molecular formula is C62H123NO3. The summed E-state index contributed by atoms with van der Waals surface area (Å²) >= 11 is 0. The summed E-state index contributed by atoms with van der Waals surface area (Å²) in [6.45, 7) is 4.41. The lowest BCUT2D eigenvalue weighted by Gasteiger charge is -2.22. The highest BCUT2D eigenvalue weighted by molar-refractivity contribution is 5.76. The van der Waals surface area contributed by atoms with Gasteiger partial charge in [-0.25, -0.2) is 0 Å². The van der Waals surface area contributed by atoms with E-state index in [-0.39, 0.29) is 12.5 Å². The van der Waals surface area contributed by atoms with Crippen LogP contribution in [0.3, 0.4) is 0 Å². The molecule has 66 heavy (non-hydrogen) atoms. The van der Waals surface area contributed by atoms with Gasteiger partial charge < -0.3 is 15.5 Å². The second-order valence-electron chi connectivity index (χ2n) is 21.5. The highest BCUT2D eigenvalue weighted by atomic mass is 16.3. The minimum atomic E-state index is -0.658. The number of allylic oxidation sites excluding steroid dienone is 2. The van der Waals surface area contributed by atoms with Crippen LogP contribution >= 0.6 is 0 Å². The number of hydrogen-bond acceptors (Lipinski definition) is 3. The number of aliphatic hydroxyl groups is 2. The first kappa shape index (κ1) is 65.1. The van der Waals surface area contributed by atoms with E-state index in [0.717, 1.165) is 25.7 Å². The molecule has 4 heteroatoms. The van der Waals surface area contributed by atoms with E-state index in [4.69, 9.17) is 0 Å². The third kappa shape index (κ3) is 54.1. The van der Waals surface area contributed by atoms with E-state index in [1.807, 2.05) is 0 Å². The molecule has 0 aromatic heterocycles. The van der Waals surface area contributed by atoms with Crippen LogP contribution in [0.5, 0.6) is 0 Å². The standard InChI is InChI=1S/C62H123NO3/c1-3-5-7-9-11-13-15-17-19-21-23-25-27-29-30-31-32-33-34-36-38-40-42-44-46-48-50-52-54-56-58-62(66)63-60(59-64)61(65)57-55-53-51-49-47-45-43-41-39-37-35-28-26-24-22-20-18-16-14-12-10-8-6-4-2/h29-30,60-61,64-65H,3-28,31-59H2,1-2H3,(H,63,66)/b30-29-. The Labute approximate surface area is 416 Å². The van der Waals surface area contributed by atoms with Crippen LogP contribution in [-0.2, 0) is 4.79 Å². The SMILES string of the molecule is CCCCCCCCCCCCCC/C=C\CCCCCCCCCCCCCCCCC(=O)NC(CO)C(O)CCCCCCCCCCCCCCCCCCCCCCCCCC. The van der Waals surface area contributed by atoms with Crippen molar-refractivity contribution in [2.75, 3.05) is 6.61 Å². The van der Waals surface area contributed by atoms with Crippen LogP contribution in [-0.4, -0.2) is 34.9 Å². The molecule has 394 valence electrons. The fourth-order valence-corrected chi connectivity index (χ4v) is 10.1. The topological polar surface area (TPSA) is 69.6 Å². The zero-order valence-electron chi connectivity index (χ0n) is 45.5. The Balaban J connectivity index is 3.40. The number of amides is 1. The molecule has 0 spiro atoms. The smallest absolute Gasteiger partial charge is 0.220 e. The van der Waals surface area contributed by atoms with E-state index in [1.165, 1.54) is 308 Å². The molecule has 0 aliphatic carbocycles. The van der Waals surface area contributed by atoms with Crippen LogP contribution in [0, 0.1) is 0 Å². The number of carbonyl (C=O) groups is 1. The number of rotatable bonds is 58. The Morgan fingerprint density at radius 1 is 0.348 bits per heavy atom. The van der Waals surface area contributed by atoms with Gasteiger partial charge in [0.15, 0.2) is 0 Å². The van der Waals surface area contributed by atoms with Crippen LogP contribution in [0.1, 0.15) is 361 Å². The largest absolute Gasteiger partial charge is 0.394 e. The molecule has 3 N–H and O–H groups in total. The van der Waals surface area contributed by atoms with Crippen LogP contribution in [0.4, 0.5) is 0 Å². The van der Waals surface area contributed by atoms with Crippen molar-refractivity contribution in [1.29, 1.82) is 0 Å². The molecule has 0 fully saturated rings. The summed E-state index contributed by atoms with van der Waals surface area (Å²) in [4.78, 5) is 12.5. The molecule has 4 nitrogen and oxygen atoms in total. The molecule has 0 aliphatic rings. The van der Waals surface area contributed by atoms with Crippen molar-refractivity contribution in [1.82, 2.24) is 5.32 Å². The molecular weight excluding hydrogens is 807 g/mol. The van der Waals surface area contributed by atoms with Crippen LogP contribution < -0.4 is 5.32 Å². The van der Waals surface area contributed by atoms with E-state index in [1.54, 1.807) is 0 Å². The Bertz CT molecular complexity index is 921. The Morgan fingerprint density at radius 2 is 0.576 bits per heavy atom. The fraction of sp³-hybridized carbons (Fsp3) is 0.952. The summed E-state index contributed by atoms with van der Waals surface area (Å²) in [5, 5.41) is 23.4. The van der Waals surface area contributed by atoms with Crippen molar-refractivity contribution in [3.05, 3.63) is 12.2 Å². The van der Waals surface area contributed by atoms with Crippen LogP contribution in [0.2, 0.25) is 0 Å². The normalized spacial score (nSPS) is 12.7. The number of carbonyl (C=O) groups excluding carboxylic acids is 1. The van der Waals surface area contributed by atoms with Gasteiger partial charge in [0.05, 0.1) is 18.8 Å². The summed E-state index contributed by atoms with van der Waals surface area (Å²) in [6, 6.07) is -0.534. The van der Waals surface area contributed by atoms with Gasteiger partial charge in [0.1, 0.15) is 0 Å². The van der Waals surface area contributed by atoms with Gasteiger partial charge in [0.25, 0.3) is 0 Å². The molecule has 2 atom stereocenters. The predicted octanol–water partition coefficient (Wildman–Crippen LogP) is 20.5. The van der Waals surface area contributed by atoms with Crippen LogP contribution in [0.25, 0.3) is 0 Å². The van der Waals surface area contributed by atoms with Gasteiger partial charge in [-0.2, -0.15) is 0 Å². The van der Waals surface area contributed by atoms with Crippen molar-refractivity contribution >= 4 is 5.91 Å². The molecule has 0 saturated heterocycles. The van der Waals surface area contributed by atoms with Crippen molar-refractivity contribution in [2.45, 2.75) is 373 Å². The molecule has 0 radical (unpaired) electrons. The quantitative estimate of drug-likeness (QED) is 0.0420. The third-order valence-corrected chi connectivity index (χ3v) is 14.8. The van der Waals surface area contributed by atoms with E-state index in [2.05, 4.69) is 31.3 Å². The summed E-state index contributed by atoms with van der Waals surface area (Å²) in [5.74, 6) is -0.0234. The zero-order chi connectivity index (χ0) is 47.7. The lowest BCUT2D eigenvalue weighted by molar-refractivity contribution is -0.123. The van der Waals surface area contributed by atoms with E-state index in [0.29, 0.717) is 12.8 Å². The molecule has 0 rings (SSSR count). The minimum absolute atomic E-state index is 0.0234. The monoisotopic (exact) mass is 930 g/mol. The zero-order valence-corrected chi connectivity index (χ0v) is 45.5. The first-order valence-corrected chi connectivity index (χ1v) is 30.9. The van der Waals surface area contributed by atoms with Gasteiger partial charge in [0.2, 0.25) is 5.91 Å². The highest BCUT2D eigenvalue weighted by Crippen LogP contribution is 2.19. The Morgan fingerprint density at radius 3 is 0.833 bits per heavy atom. The fourth-order valence-electron chi connectivity index (χ4n) is 10.1. The molecule has 0 bridgehead atoms. The Hall–Kier alpha value is -0.870. The molecule has 0 aromatic rings. The molecule has 0 aromatic carbocycles. The van der Waals surface area contributed by atoms with Crippen molar-refractivity contribution < 1.29 is 15.0 Å². The highest BCUT2D eigenvalue weighted by Gasteiger charge is 2.20. The van der Waals surface area contributed by atoms with Crippen molar-refractivity contribution in [3.63, 3.8) is 0 Å². The second-order valence-corrected chi connectivity index (χ2v) is 21.5. The van der Waals surface area contributed by atoms with Gasteiger partial charge in [0, 0.05) is 6.42 Å². The molecule has 0 aliphatic heterocycles. The maximum atomic E-state index is 12.5. The third-order valence-electron chi connectivity index (χ3n) is 14.8. The average Bonchev–Trinajstić information content (AvgIpc) is 3.32. The lowest BCUT2D eigenvalue weighted by Crippen LogP contribution is -2.45. The maximum absolute atomic E-state index is 12.5. The number of hydrogen-bond donors (Lipinski definition) is 3. The van der Waals surface area contributed by atoms with Gasteiger partial charge in [-0.3, -0.25) is 4.79 Å². The van der Waals surface area contributed by atoms with E-state index in [9.17, 15) is 15.0 Å². The number of unbranched alkanes of at least 4 members (excludes halogenated alkanes) is 49. The maximum Gasteiger partial charge on any atom is 0.220 e. The summed E-state index contributed by atoms with van der Waals surface area (Å²) in [7, 11) is 0.